The number of nitrogens with zero attached hydrogens (tertiary/aromatic N) is 1. The van der Waals surface area contributed by atoms with Crippen LogP contribution in [0.5, 0.6) is 0 Å². The molecule has 2 aromatic rings. The van der Waals surface area contributed by atoms with Crippen LogP contribution in [-0.2, 0) is 4.74 Å². The molecule has 0 spiro atoms. The summed E-state index contributed by atoms with van der Waals surface area (Å²) in [5, 5.41) is 3.00. The number of amides is 1. The minimum atomic E-state index is -0.417. The number of esters is 1. The van der Waals surface area contributed by atoms with Crippen LogP contribution in [0.15, 0.2) is 47.3 Å². The molecule has 1 atom stereocenters. The molecule has 0 radical (unpaired) electrons. The van der Waals surface area contributed by atoms with Crippen molar-refractivity contribution in [3.8, 4) is 0 Å². The van der Waals surface area contributed by atoms with Crippen molar-refractivity contribution in [3.63, 3.8) is 0 Å². The maximum absolute atomic E-state index is 12.5. The van der Waals surface area contributed by atoms with Gasteiger partial charge in [-0.1, -0.05) is 0 Å². The smallest absolute Gasteiger partial charge is 0.337 e. The highest BCUT2D eigenvalue weighted by Gasteiger charge is 2.24. The van der Waals surface area contributed by atoms with E-state index in [0.29, 0.717) is 17.7 Å². The number of hydrogen-bond donors (Lipinski definition) is 1. The normalized spacial score (nSPS) is 16.0. The highest BCUT2D eigenvalue weighted by atomic mass is 32.2. The lowest BCUT2D eigenvalue weighted by Gasteiger charge is -2.34. The molecule has 0 bridgehead atoms. The zero-order valence-corrected chi connectivity index (χ0v) is 15.5. The Balaban J connectivity index is 1.64. The second kappa shape index (κ2) is 8.91. The topological polar surface area (TPSA) is 71.8 Å². The number of rotatable bonds is 6. The molecule has 1 saturated heterocycles. The van der Waals surface area contributed by atoms with Crippen LogP contribution in [0.2, 0.25) is 0 Å². The van der Waals surface area contributed by atoms with E-state index in [1.807, 2.05) is 17.8 Å². The van der Waals surface area contributed by atoms with E-state index in [9.17, 15) is 9.59 Å². The van der Waals surface area contributed by atoms with Crippen molar-refractivity contribution in [2.24, 2.45) is 0 Å². The third kappa shape index (κ3) is 4.47. The van der Waals surface area contributed by atoms with Crippen molar-refractivity contribution in [2.45, 2.75) is 6.04 Å². The number of carbonyl (C=O) groups excluding carboxylic acids is 2. The van der Waals surface area contributed by atoms with Gasteiger partial charge >= 0.3 is 5.97 Å². The van der Waals surface area contributed by atoms with E-state index in [4.69, 9.17) is 4.42 Å². The van der Waals surface area contributed by atoms with Crippen LogP contribution in [0, 0.1) is 0 Å². The molecule has 3 rings (SSSR count). The van der Waals surface area contributed by atoms with Crippen molar-refractivity contribution in [1.29, 1.82) is 0 Å². The van der Waals surface area contributed by atoms with Gasteiger partial charge in [0.1, 0.15) is 0 Å². The Hall–Kier alpha value is -2.25. The van der Waals surface area contributed by atoms with Gasteiger partial charge in [0.05, 0.1) is 31.2 Å². The first-order chi connectivity index (χ1) is 12.7. The Kier molecular flexibility index (Phi) is 6.35. The van der Waals surface area contributed by atoms with Gasteiger partial charge in [-0.15, -0.1) is 0 Å². The standard InChI is InChI=1S/C19H22N2O4S/c1-24-19(23)15-4-2-14(3-5-15)18(22)20-12-17(16-6-9-25-13-16)21-7-10-26-11-8-21/h2-6,9,13,17H,7-8,10-12H2,1H3,(H,20,22). The molecule has 0 saturated carbocycles. The molecule has 1 aromatic carbocycles. The Bertz CT molecular complexity index is 725. The quantitative estimate of drug-likeness (QED) is 0.784. The molecule has 1 amide bonds. The second-order valence-electron chi connectivity index (χ2n) is 6.00. The molecule has 6 nitrogen and oxygen atoms in total. The molecule has 1 aromatic heterocycles. The average molecular weight is 374 g/mol. The Morgan fingerprint density at radius 2 is 1.88 bits per heavy atom. The average Bonchev–Trinajstić information content (AvgIpc) is 3.23. The van der Waals surface area contributed by atoms with E-state index in [0.717, 1.165) is 30.2 Å². The fraction of sp³-hybridized carbons (Fsp3) is 0.368. The summed E-state index contributed by atoms with van der Waals surface area (Å²) in [7, 11) is 1.33. The van der Waals surface area contributed by atoms with Crippen LogP contribution in [0.25, 0.3) is 0 Å². The summed E-state index contributed by atoms with van der Waals surface area (Å²) >= 11 is 1.95. The second-order valence-corrected chi connectivity index (χ2v) is 7.22. The first-order valence-corrected chi connectivity index (χ1v) is 9.65. The lowest BCUT2D eigenvalue weighted by molar-refractivity contribution is 0.0600. The van der Waals surface area contributed by atoms with Gasteiger partial charge in [-0.25, -0.2) is 4.79 Å². The van der Waals surface area contributed by atoms with Crippen LogP contribution in [-0.4, -0.2) is 55.0 Å². The molecule has 26 heavy (non-hydrogen) atoms. The summed E-state index contributed by atoms with van der Waals surface area (Å²) < 4.78 is 9.90. The Morgan fingerprint density at radius 3 is 2.50 bits per heavy atom. The third-order valence-electron chi connectivity index (χ3n) is 4.44. The van der Waals surface area contributed by atoms with Crippen LogP contribution in [0.4, 0.5) is 0 Å². The number of methoxy groups -OCH3 is 1. The van der Waals surface area contributed by atoms with E-state index in [1.165, 1.54) is 7.11 Å². The largest absolute Gasteiger partial charge is 0.472 e. The van der Waals surface area contributed by atoms with Crippen LogP contribution < -0.4 is 5.32 Å². The van der Waals surface area contributed by atoms with Gasteiger partial charge in [-0.3, -0.25) is 9.69 Å². The molecule has 1 aliphatic heterocycles. The molecule has 7 heteroatoms. The molecule has 1 fully saturated rings. The zero-order chi connectivity index (χ0) is 18.4. The summed E-state index contributed by atoms with van der Waals surface area (Å²) in [6.07, 6.45) is 3.40. The van der Waals surface area contributed by atoms with E-state index in [2.05, 4.69) is 15.0 Å². The maximum Gasteiger partial charge on any atom is 0.337 e. The fourth-order valence-corrected chi connectivity index (χ4v) is 3.91. The highest BCUT2D eigenvalue weighted by molar-refractivity contribution is 7.99. The van der Waals surface area contributed by atoms with E-state index < -0.39 is 5.97 Å². The third-order valence-corrected chi connectivity index (χ3v) is 5.38. The lowest BCUT2D eigenvalue weighted by Crippen LogP contribution is -2.41. The number of thioether (sulfide) groups is 1. The first-order valence-electron chi connectivity index (χ1n) is 8.49. The predicted molar refractivity (Wildman–Crippen MR) is 100 cm³/mol. The molecule has 1 N–H and O–H groups in total. The minimum absolute atomic E-state index is 0.0907. The number of benzene rings is 1. The van der Waals surface area contributed by atoms with Gasteiger partial charge in [0.15, 0.2) is 0 Å². The van der Waals surface area contributed by atoms with Crippen LogP contribution in [0.3, 0.4) is 0 Å². The van der Waals surface area contributed by atoms with Crippen molar-refractivity contribution < 1.29 is 18.7 Å². The van der Waals surface area contributed by atoms with Crippen molar-refractivity contribution in [1.82, 2.24) is 10.2 Å². The fourth-order valence-electron chi connectivity index (χ4n) is 2.98. The van der Waals surface area contributed by atoms with Gasteiger partial charge in [-0.2, -0.15) is 11.8 Å². The van der Waals surface area contributed by atoms with Crippen molar-refractivity contribution in [3.05, 3.63) is 59.5 Å². The number of hydrogen-bond acceptors (Lipinski definition) is 6. The van der Waals surface area contributed by atoms with Crippen molar-refractivity contribution in [2.75, 3.05) is 38.2 Å². The number of ether oxygens (including phenoxy) is 1. The van der Waals surface area contributed by atoms with Gasteiger partial charge in [-0.05, 0) is 30.3 Å². The summed E-state index contributed by atoms with van der Waals surface area (Å²) in [4.78, 5) is 26.3. The Morgan fingerprint density at radius 1 is 1.19 bits per heavy atom. The Labute approximate surface area is 156 Å². The summed E-state index contributed by atoms with van der Waals surface area (Å²) in [5.74, 6) is 1.61. The summed E-state index contributed by atoms with van der Waals surface area (Å²) in [6.45, 7) is 2.48. The van der Waals surface area contributed by atoms with Gasteiger partial charge in [0, 0.05) is 42.3 Å². The predicted octanol–water partition coefficient (Wildman–Crippen LogP) is 2.59. The lowest BCUT2D eigenvalue weighted by atomic mass is 10.1. The zero-order valence-electron chi connectivity index (χ0n) is 14.6. The van der Waals surface area contributed by atoms with Gasteiger partial charge in [0.25, 0.3) is 5.91 Å². The monoisotopic (exact) mass is 374 g/mol. The maximum atomic E-state index is 12.5. The molecular formula is C19H22N2O4S. The summed E-state index contributed by atoms with van der Waals surface area (Å²) in [5.41, 5.74) is 2.00. The van der Waals surface area contributed by atoms with Crippen molar-refractivity contribution >= 4 is 23.6 Å². The molecular weight excluding hydrogens is 352 g/mol. The van der Waals surface area contributed by atoms with E-state index >= 15 is 0 Å². The molecule has 2 heterocycles. The van der Waals surface area contributed by atoms with Crippen LogP contribution >= 0.6 is 11.8 Å². The minimum Gasteiger partial charge on any atom is -0.472 e. The molecule has 1 unspecified atom stereocenters. The number of nitrogens with one attached hydrogen (secondary N) is 1. The van der Waals surface area contributed by atoms with Gasteiger partial charge < -0.3 is 14.5 Å². The number of furan rings is 1. The molecule has 0 aliphatic carbocycles. The summed E-state index contributed by atoms with van der Waals surface area (Å²) in [6, 6.07) is 8.49. The SMILES string of the molecule is COC(=O)c1ccc(C(=O)NCC(c2ccoc2)N2CCSCC2)cc1. The van der Waals surface area contributed by atoms with Crippen LogP contribution in [0.1, 0.15) is 32.3 Å². The van der Waals surface area contributed by atoms with E-state index in [1.54, 1.807) is 36.8 Å². The van der Waals surface area contributed by atoms with E-state index in [-0.39, 0.29) is 11.9 Å². The molecule has 1 aliphatic rings. The van der Waals surface area contributed by atoms with Gasteiger partial charge in [0.2, 0.25) is 0 Å². The number of carbonyl (C=O) groups is 2. The first kappa shape index (κ1) is 18.5. The highest BCUT2D eigenvalue weighted by Crippen LogP contribution is 2.24. The molecule has 138 valence electrons.